The zero-order chi connectivity index (χ0) is 14.7. The van der Waals surface area contributed by atoms with Crippen molar-refractivity contribution in [1.29, 1.82) is 0 Å². The zero-order valence-electron chi connectivity index (χ0n) is 12.4. The number of rotatable bonds is 7. The molecule has 1 fully saturated rings. The molecule has 1 aromatic heterocycles. The topological polar surface area (TPSA) is 43.4 Å². The van der Waals surface area contributed by atoms with Crippen molar-refractivity contribution in [2.24, 2.45) is 0 Å². The fourth-order valence-electron chi connectivity index (χ4n) is 2.06. The van der Waals surface area contributed by atoms with Crippen LogP contribution >= 0.6 is 11.3 Å². The summed E-state index contributed by atoms with van der Waals surface area (Å²) in [6.07, 6.45) is 2.62. The summed E-state index contributed by atoms with van der Waals surface area (Å²) in [5, 5.41) is 4.55. The van der Waals surface area contributed by atoms with Crippen molar-refractivity contribution in [3.63, 3.8) is 0 Å². The first-order chi connectivity index (χ1) is 10.2. The number of benzene rings is 1. The second-order valence-electron chi connectivity index (χ2n) is 5.24. The van der Waals surface area contributed by atoms with Gasteiger partial charge in [0.2, 0.25) is 0 Å². The van der Waals surface area contributed by atoms with Crippen LogP contribution in [0, 0.1) is 6.92 Å². The van der Waals surface area contributed by atoms with Crippen LogP contribution in [0.25, 0.3) is 0 Å². The number of thiazole rings is 1. The van der Waals surface area contributed by atoms with Gasteiger partial charge in [0, 0.05) is 17.5 Å². The molecule has 5 heteroatoms. The highest BCUT2D eigenvalue weighted by Gasteiger charge is 2.21. The van der Waals surface area contributed by atoms with Gasteiger partial charge < -0.3 is 14.8 Å². The Bertz CT molecular complexity index is 591. The number of aryl methyl sites for hydroxylation is 1. The van der Waals surface area contributed by atoms with Crippen LogP contribution in [-0.2, 0) is 13.2 Å². The van der Waals surface area contributed by atoms with E-state index in [1.54, 1.807) is 18.4 Å². The van der Waals surface area contributed by atoms with E-state index < -0.39 is 0 Å². The van der Waals surface area contributed by atoms with E-state index in [9.17, 15) is 0 Å². The molecule has 1 aliphatic rings. The van der Waals surface area contributed by atoms with Crippen molar-refractivity contribution in [3.8, 4) is 11.5 Å². The maximum absolute atomic E-state index is 5.77. The van der Waals surface area contributed by atoms with Crippen LogP contribution in [0.2, 0.25) is 0 Å². The molecule has 3 rings (SSSR count). The maximum Gasteiger partial charge on any atom is 0.140 e. The first kappa shape index (κ1) is 14.4. The molecule has 4 nitrogen and oxygen atoms in total. The van der Waals surface area contributed by atoms with Crippen LogP contribution in [0.4, 0.5) is 0 Å². The Morgan fingerprint density at radius 1 is 1.24 bits per heavy atom. The van der Waals surface area contributed by atoms with E-state index in [1.807, 2.05) is 24.3 Å². The average Bonchev–Trinajstić information content (AvgIpc) is 3.27. The highest BCUT2D eigenvalue weighted by atomic mass is 32.1. The molecule has 21 heavy (non-hydrogen) atoms. The summed E-state index contributed by atoms with van der Waals surface area (Å²) in [7, 11) is 1.66. The number of hydrogen-bond donors (Lipinski definition) is 1. The Hall–Kier alpha value is -1.59. The molecular weight excluding hydrogens is 284 g/mol. The van der Waals surface area contributed by atoms with Crippen LogP contribution in [0.15, 0.2) is 24.3 Å². The van der Waals surface area contributed by atoms with Gasteiger partial charge in [-0.3, -0.25) is 0 Å². The van der Waals surface area contributed by atoms with E-state index in [0.29, 0.717) is 6.61 Å². The van der Waals surface area contributed by atoms with Gasteiger partial charge in [-0.2, -0.15) is 0 Å². The van der Waals surface area contributed by atoms with Gasteiger partial charge in [-0.1, -0.05) is 0 Å². The lowest BCUT2D eigenvalue weighted by Crippen LogP contribution is -2.14. The Morgan fingerprint density at radius 2 is 1.95 bits per heavy atom. The van der Waals surface area contributed by atoms with Gasteiger partial charge in [0.15, 0.2) is 0 Å². The first-order valence-corrected chi connectivity index (χ1v) is 8.01. The molecule has 0 spiro atoms. The number of methoxy groups -OCH3 is 1. The molecule has 112 valence electrons. The van der Waals surface area contributed by atoms with E-state index >= 15 is 0 Å². The van der Waals surface area contributed by atoms with Crippen molar-refractivity contribution in [2.45, 2.75) is 39.0 Å². The van der Waals surface area contributed by atoms with Crippen LogP contribution < -0.4 is 14.8 Å². The number of aromatic nitrogens is 1. The number of hydrogen-bond acceptors (Lipinski definition) is 5. The molecule has 1 saturated carbocycles. The number of nitrogens with zero attached hydrogens (tertiary/aromatic N) is 1. The summed E-state index contributed by atoms with van der Waals surface area (Å²) in [6, 6.07) is 8.34. The third kappa shape index (κ3) is 3.95. The summed E-state index contributed by atoms with van der Waals surface area (Å²) in [5.74, 6) is 1.67. The third-order valence-electron chi connectivity index (χ3n) is 3.49. The molecule has 0 aliphatic heterocycles. The maximum atomic E-state index is 5.77. The van der Waals surface area contributed by atoms with Crippen molar-refractivity contribution in [2.75, 3.05) is 7.11 Å². The predicted molar refractivity (Wildman–Crippen MR) is 84.0 cm³/mol. The Kier molecular flexibility index (Phi) is 4.41. The van der Waals surface area contributed by atoms with Gasteiger partial charge in [0.05, 0.1) is 12.8 Å². The van der Waals surface area contributed by atoms with Gasteiger partial charge in [0.1, 0.15) is 23.1 Å². The van der Waals surface area contributed by atoms with E-state index in [1.165, 1.54) is 17.7 Å². The molecule has 1 aromatic carbocycles. The Morgan fingerprint density at radius 3 is 2.62 bits per heavy atom. The van der Waals surface area contributed by atoms with Crippen molar-refractivity contribution in [3.05, 3.63) is 39.8 Å². The Labute approximate surface area is 129 Å². The van der Waals surface area contributed by atoms with Gasteiger partial charge in [0.25, 0.3) is 0 Å². The standard InChI is InChI=1S/C16H20N2O2S/c1-11-15(9-17-12-3-4-12)21-16(18-11)10-20-14-7-5-13(19-2)6-8-14/h5-8,12,17H,3-4,9-10H2,1-2H3. The minimum atomic E-state index is 0.515. The average molecular weight is 304 g/mol. The molecule has 1 N–H and O–H groups in total. The first-order valence-electron chi connectivity index (χ1n) is 7.20. The van der Waals surface area contributed by atoms with Gasteiger partial charge >= 0.3 is 0 Å². The van der Waals surface area contributed by atoms with Crippen molar-refractivity contribution < 1.29 is 9.47 Å². The van der Waals surface area contributed by atoms with E-state index in [0.717, 1.165) is 34.8 Å². The second kappa shape index (κ2) is 6.45. The molecule has 0 saturated heterocycles. The minimum absolute atomic E-state index is 0.515. The number of nitrogens with one attached hydrogen (secondary N) is 1. The highest BCUT2D eigenvalue weighted by Crippen LogP contribution is 2.24. The molecule has 0 bridgehead atoms. The lowest BCUT2D eigenvalue weighted by molar-refractivity contribution is 0.304. The summed E-state index contributed by atoms with van der Waals surface area (Å²) < 4.78 is 10.9. The Balaban J connectivity index is 1.55. The fraction of sp³-hybridized carbons (Fsp3) is 0.438. The normalized spacial score (nSPS) is 14.2. The smallest absolute Gasteiger partial charge is 0.140 e. The predicted octanol–water partition coefficient (Wildman–Crippen LogP) is 3.29. The minimum Gasteiger partial charge on any atom is -0.497 e. The summed E-state index contributed by atoms with van der Waals surface area (Å²) in [6.45, 7) is 3.51. The molecule has 1 aliphatic carbocycles. The van der Waals surface area contributed by atoms with Gasteiger partial charge in [-0.05, 0) is 44.0 Å². The SMILES string of the molecule is COc1ccc(OCc2nc(C)c(CNC3CC3)s2)cc1. The quantitative estimate of drug-likeness (QED) is 0.852. The summed E-state index contributed by atoms with van der Waals surface area (Å²) in [4.78, 5) is 5.90. The van der Waals surface area contributed by atoms with Crippen LogP contribution in [-0.4, -0.2) is 18.1 Å². The lowest BCUT2D eigenvalue weighted by atomic mass is 10.3. The van der Waals surface area contributed by atoms with Crippen LogP contribution in [0.5, 0.6) is 11.5 Å². The molecule has 0 atom stereocenters. The fourth-order valence-corrected chi connectivity index (χ4v) is 2.99. The van der Waals surface area contributed by atoms with Crippen LogP contribution in [0.3, 0.4) is 0 Å². The highest BCUT2D eigenvalue weighted by molar-refractivity contribution is 7.11. The summed E-state index contributed by atoms with van der Waals surface area (Å²) in [5.41, 5.74) is 1.11. The molecule has 0 unspecified atom stereocenters. The number of ether oxygens (including phenoxy) is 2. The molecular formula is C16H20N2O2S. The van der Waals surface area contributed by atoms with Crippen molar-refractivity contribution in [1.82, 2.24) is 10.3 Å². The zero-order valence-corrected chi connectivity index (χ0v) is 13.2. The van der Waals surface area contributed by atoms with Crippen LogP contribution in [0.1, 0.15) is 28.4 Å². The second-order valence-corrected chi connectivity index (χ2v) is 6.40. The molecule has 2 aromatic rings. The molecule has 1 heterocycles. The monoisotopic (exact) mass is 304 g/mol. The lowest BCUT2D eigenvalue weighted by Gasteiger charge is -2.05. The molecule has 0 radical (unpaired) electrons. The summed E-state index contributed by atoms with van der Waals surface area (Å²) >= 11 is 1.73. The van der Waals surface area contributed by atoms with Crippen molar-refractivity contribution >= 4 is 11.3 Å². The van der Waals surface area contributed by atoms with E-state index in [2.05, 4.69) is 17.2 Å². The van der Waals surface area contributed by atoms with Gasteiger partial charge in [-0.15, -0.1) is 11.3 Å². The van der Waals surface area contributed by atoms with E-state index in [-0.39, 0.29) is 0 Å². The molecule has 0 amide bonds. The van der Waals surface area contributed by atoms with E-state index in [4.69, 9.17) is 9.47 Å². The third-order valence-corrected chi connectivity index (χ3v) is 4.62. The van der Waals surface area contributed by atoms with Gasteiger partial charge in [-0.25, -0.2) is 4.98 Å². The largest absolute Gasteiger partial charge is 0.497 e.